The van der Waals surface area contributed by atoms with E-state index in [1.165, 1.54) is 0 Å². The highest BCUT2D eigenvalue weighted by Gasteiger charge is 2.32. The van der Waals surface area contributed by atoms with Crippen molar-refractivity contribution in [3.05, 3.63) is 52.9 Å². The summed E-state index contributed by atoms with van der Waals surface area (Å²) in [5.74, 6) is 0.883. The fourth-order valence-corrected chi connectivity index (χ4v) is 4.84. The summed E-state index contributed by atoms with van der Waals surface area (Å²) in [6, 6.07) is 7.28. The molecule has 1 fully saturated rings. The molecule has 0 saturated carbocycles. The van der Waals surface area contributed by atoms with Gasteiger partial charge in [0.05, 0.1) is 59.8 Å². The number of hydrogen-bond donors (Lipinski definition) is 3. The summed E-state index contributed by atoms with van der Waals surface area (Å²) in [6.45, 7) is 7.21. The summed E-state index contributed by atoms with van der Waals surface area (Å²) in [6.07, 6.45) is 3.82. The number of anilines is 2. The Labute approximate surface area is 220 Å². The number of carbonyl (C=O) groups is 1. The molecule has 2 aromatic heterocycles. The number of rotatable bonds is 7. The van der Waals surface area contributed by atoms with E-state index in [1.54, 1.807) is 25.6 Å². The van der Waals surface area contributed by atoms with Gasteiger partial charge in [-0.15, -0.1) is 0 Å². The van der Waals surface area contributed by atoms with E-state index in [0.29, 0.717) is 65.4 Å². The number of aromatic amines is 1. The van der Waals surface area contributed by atoms with E-state index < -0.39 is 0 Å². The maximum Gasteiger partial charge on any atom is 0.255 e. The quantitative estimate of drug-likeness (QED) is 0.408. The molecular weight excluding hydrogens is 496 g/mol. The van der Waals surface area contributed by atoms with Gasteiger partial charge in [0, 0.05) is 29.9 Å². The van der Waals surface area contributed by atoms with Crippen LogP contribution in [0.2, 0.25) is 5.02 Å². The van der Waals surface area contributed by atoms with Gasteiger partial charge in [-0.1, -0.05) is 17.7 Å². The first-order chi connectivity index (χ1) is 17.8. The summed E-state index contributed by atoms with van der Waals surface area (Å²) in [4.78, 5) is 20.9. The van der Waals surface area contributed by atoms with E-state index in [2.05, 4.69) is 20.6 Å². The van der Waals surface area contributed by atoms with Crippen molar-refractivity contribution in [2.24, 2.45) is 0 Å². The average Bonchev–Trinajstić information content (AvgIpc) is 3.21. The number of benzene rings is 1. The van der Waals surface area contributed by atoms with Crippen LogP contribution in [-0.2, 0) is 15.9 Å². The van der Waals surface area contributed by atoms with Crippen molar-refractivity contribution in [2.45, 2.75) is 44.9 Å². The molecule has 2 atom stereocenters. The van der Waals surface area contributed by atoms with Crippen LogP contribution in [0.4, 0.5) is 11.4 Å². The molecule has 1 aromatic carbocycles. The van der Waals surface area contributed by atoms with Gasteiger partial charge in [-0.3, -0.25) is 9.78 Å². The van der Waals surface area contributed by atoms with Crippen LogP contribution in [0, 0.1) is 0 Å². The fraction of sp³-hybridized carbons (Fsp3) is 0.407. The molecule has 2 aliphatic heterocycles. The van der Waals surface area contributed by atoms with Gasteiger partial charge in [-0.05, 0) is 39.0 Å². The molecule has 37 heavy (non-hydrogen) atoms. The fourth-order valence-electron chi connectivity index (χ4n) is 4.59. The van der Waals surface area contributed by atoms with Crippen molar-refractivity contribution in [1.29, 1.82) is 0 Å². The molecule has 9 nitrogen and oxygen atoms in total. The predicted molar refractivity (Wildman–Crippen MR) is 141 cm³/mol. The minimum absolute atomic E-state index is 0.000849. The summed E-state index contributed by atoms with van der Waals surface area (Å²) in [5, 5.41) is 6.89. The maximum atomic E-state index is 13.1. The molecule has 4 heterocycles. The van der Waals surface area contributed by atoms with Crippen molar-refractivity contribution in [3.63, 3.8) is 0 Å². The van der Waals surface area contributed by atoms with E-state index in [0.717, 1.165) is 11.3 Å². The van der Waals surface area contributed by atoms with Crippen LogP contribution in [0.1, 0.15) is 36.8 Å². The normalized spacial score (nSPS) is 20.6. The third kappa shape index (κ3) is 5.25. The Morgan fingerprint density at radius 1 is 1.30 bits per heavy atom. The molecule has 1 saturated heterocycles. The maximum absolute atomic E-state index is 13.1. The monoisotopic (exact) mass is 526 g/mol. The van der Waals surface area contributed by atoms with Crippen molar-refractivity contribution in [3.8, 4) is 22.8 Å². The van der Waals surface area contributed by atoms with E-state index in [9.17, 15) is 4.79 Å². The smallest absolute Gasteiger partial charge is 0.255 e. The molecule has 1 amide bonds. The average molecular weight is 527 g/mol. The van der Waals surface area contributed by atoms with Crippen LogP contribution in [0.15, 0.2) is 36.7 Å². The number of hydrogen-bond acceptors (Lipinski definition) is 7. The molecule has 196 valence electrons. The lowest BCUT2D eigenvalue weighted by Crippen LogP contribution is -2.44. The number of carbonyl (C=O) groups excluding carboxylic acids is 1. The van der Waals surface area contributed by atoms with Crippen molar-refractivity contribution in [2.75, 3.05) is 32.2 Å². The Bertz CT molecular complexity index is 1300. The first-order valence-electron chi connectivity index (χ1n) is 12.2. The molecule has 2 aliphatic rings. The van der Waals surface area contributed by atoms with Gasteiger partial charge >= 0.3 is 0 Å². The molecule has 0 aliphatic carbocycles. The predicted octanol–water partition coefficient (Wildman–Crippen LogP) is 4.73. The van der Waals surface area contributed by atoms with Crippen LogP contribution >= 0.6 is 11.6 Å². The highest BCUT2D eigenvalue weighted by molar-refractivity contribution is 6.32. The van der Waals surface area contributed by atoms with Crippen LogP contribution in [0.25, 0.3) is 11.3 Å². The second kappa shape index (κ2) is 10.2. The minimum Gasteiger partial charge on any atom is -0.493 e. The zero-order valence-corrected chi connectivity index (χ0v) is 22.1. The van der Waals surface area contributed by atoms with Gasteiger partial charge in [0.1, 0.15) is 18.5 Å². The third-order valence-electron chi connectivity index (χ3n) is 6.43. The third-order valence-corrected chi connectivity index (χ3v) is 6.73. The van der Waals surface area contributed by atoms with Gasteiger partial charge in [0.2, 0.25) is 0 Å². The summed E-state index contributed by atoms with van der Waals surface area (Å²) in [7, 11) is 1.56. The Morgan fingerprint density at radius 2 is 2.14 bits per heavy atom. The lowest BCUT2D eigenvalue weighted by molar-refractivity contribution is -0.181. The van der Waals surface area contributed by atoms with Gasteiger partial charge < -0.3 is 34.6 Å². The summed E-state index contributed by atoms with van der Waals surface area (Å²) in [5.41, 5.74) is 3.78. The Morgan fingerprint density at radius 3 is 2.89 bits per heavy atom. The molecule has 0 radical (unpaired) electrons. The Kier molecular flexibility index (Phi) is 7.02. The molecule has 0 bridgehead atoms. The number of fused-ring (bicyclic) bond motifs is 1. The number of para-hydroxylation sites is 1. The topological polar surface area (TPSA) is 107 Å². The molecule has 3 aromatic rings. The molecule has 0 unspecified atom stereocenters. The zero-order chi connectivity index (χ0) is 26.2. The largest absolute Gasteiger partial charge is 0.493 e. The van der Waals surface area contributed by atoms with Gasteiger partial charge in [0.15, 0.2) is 5.75 Å². The van der Waals surface area contributed by atoms with Crippen LogP contribution < -0.4 is 20.1 Å². The van der Waals surface area contributed by atoms with Crippen LogP contribution in [-0.4, -0.2) is 60.6 Å². The molecule has 5 rings (SSSR count). The first-order valence-corrected chi connectivity index (χ1v) is 12.6. The number of amides is 1. The lowest BCUT2D eigenvalue weighted by Gasteiger charge is -2.34. The first kappa shape index (κ1) is 25.4. The van der Waals surface area contributed by atoms with E-state index in [1.807, 2.05) is 39.0 Å². The number of methoxy groups -OCH3 is 1. The van der Waals surface area contributed by atoms with Gasteiger partial charge in [-0.2, -0.15) is 0 Å². The lowest BCUT2D eigenvalue weighted by atomic mass is 10.0. The van der Waals surface area contributed by atoms with Crippen LogP contribution in [0.3, 0.4) is 0 Å². The number of nitrogens with zero attached hydrogens (tertiary/aromatic N) is 1. The second-order valence-corrected chi connectivity index (χ2v) is 10.3. The number of pyridine rings is 1. The van der Waals surface area contributed by atoms with Gasteiger partial charge in [0.25, 0.3) is 5.91 Å². The van der Waals surface area contributed by atoms with Crippen molar-refractivity contribution >= 4 is 28.9 Å². The Balaban J connectivity index is 1.52. The standard InChI is InChI=1S/C27H31ClN4O5/c1-15-10-20-22(26(33)30-15)24(31-19-7-5-6-18(28)25(19)34-4)23(32-20)17-8-9-29-11-21(17)35-12-16-13-37-27(2,3)14-36-16/h5-9,11,15-16,31-32H,10,12-14H2,1-4H3,(H,30,33)/t15-,16+/m1/s1. The highest BCUT2D eigenvalue weighted by Crippen LogP contribution is 2.43. The molecule has 10 heteroatoms. The van der Waals surface area contributed by atoms with Crippen molar-refractivity contribution < 1.29 is 23.7 Å². The highest BCUT2D eigenvalue weighted by atomic mass is 35.5. The summed E-state index contributed by atoms with van der Waals surface area (Å²) >= 11 is 6.37. The van der Waals surface area contributed by atoms with Gasteiger partial charge in [-0.25, -0.2) is 0 Å². The summed E-state index contributed by atoms with van der Waals surface area (Å²) < 4.78 is 23.5. The number of ether oxygens (including phenoxy) is 4. The molecular formula is C27H31ClN4O5. The van der Waals surface area contributed by atoms with Crippen LogP contribution in [0.5, 0.6) is 11.5 Å². The number of nitrogens with one attached hydrogen (secondary N) is 3. The SMILES string of the molecule is COc1c(Cl)cccc1Nc1c(-c2ccncc2OC[C@H]2COC(C)(C)CO2)[nH]c2c1C(=O)N[C@H](C)C2. The minimum atomic E-state index is -0.307. The number of halogens is 1. The second-order valence-electron chi connectivity index (χ2n) is 9.94. The number of aromatic nitrogens is 2. The van der Waals surface area contributed by atoms with Crippen molar-refractivity contribution in [1.82, 2.24) is 15.3 Å². The Hall–Kier alpha value is -3.27. The van der Waals surface area contributed by atoms with E-state index >= 15 is 0 Å². The number of H-pyrrole nitrogens is 1. The molecule has 3 N–H and O–H groups in total. The van der Waals surface area contributed by atoms with E-state index in [-0.39, 0.29) is 23.7 Å². The zero-order valence-electron chi connectivity index (χ0n) is 21.3. The van der Waals surface area contributed by atoms with E-state index in [4.69, 9.17) is 30.5 Å². The molecule has 0 spiro atoms.